The lowest BCUT2D eigenvalue weighted by Gasteiger charge is -2.25. The Morgan fingerprint density at radius 2 is 2.07 bits per heavy atom. The molecule has 1 amide bonds. The average molecular weight is 264 g/mol. The lowest BCUT2D eigenvalue weighted by atomic mass is 9.87. The van der Waals surface area contributed by atoms with Gasteiger partial charge in [0, 0.05) is 6.54 Å². The number of aliphatic hydroxyl groups excluding tert-OH is 1. The summed E-state index contributed by atoms with van der Waals surface area (Å²) in [6, 6.07) is 0. The third-order valence-corrected chi connectivity index (χ3v) is 3.16. The maximum absolute atomic E-state index is 11.2. The Morgan fingerprint density at radius 3 is 2.57 bits per heavy atom. The van der Waals surface area contributed by atoms with Crippen LogP contribution >= 0.6 is 15.9 Å². The topological polar surface area (TPSA) is 49.3 Å². The minimum absolute atomic E-state index is 0.0520. The van der Waals surface area contributed by atoms with Gasteiger partial charge < -0.3 is 10.4 Å². The molecule has 0 saturated heterocycles. The van der Waals surface area contributed by atoms with Gasteiger partial charge in [0.1, 0.15) is 0 Å². The van der Waals surface area contributed by atoms with Crippen molar-refractivity contribution in [2.24, 2.45) is 5.92 Å². The van der Waals surface area contributed by atoms with E-state index in [4.69, 9.17) is 0 Å². The highest BCUT2D eigenvalue weighted by Gasteiger charge is 2.20. The number of amides is 1. The molecule has 1 atom stereocenters. The van der Waals surface area contributed by atoms with Crippen LogP contribution in [0.5, 0.6) is 0 Å². The first-order chi connectivity index (χ1) is 6.59. The van der Waals surface area contributed by atoms with Gasteiger partial charge in [0.05, 0.1) is 10.9 Å². The Labute approximate surface area is 93.4 Å². The molecule has 82 valence electrons. The van der Waals surface area contributed by atoms with Gasteiger partial charge in [-0.05, 0) is 38.5 Å². The van der Waals surface area contributed by atoms with E-state index >= 15 is 0 Å². The molecule has 1 aliphatic carbocycles. The quantitative estimate of drug-likeness (QED) is 0.758. The van der Waals surface area contributed by atoms with Gasteiger partial charge in [-0.2, -0.15) is 0 Å². The van der Waals surface area contributed by atoms with E-state index in [1.54, 1.807) is 0 Å². The van der Waals surface area contributed by atoms with Crippen molar-refractivity contribution in [1.82, 2.24) is 5.32 Å². The van der Waals surface area contributed by atoms with E-state index in [1.807, 2.05) is 6.92 Å². The number of halogens is 1. The zero-order valence-electron chi connectivity index (χ0n) is 8.50. The minimum atomic E-state index is -0.114. The molecule has 2 N–H and O–H groups in total. The van der Waals surface area contributed by atoms with Crippen LogP contribution in [0.2, 0.25) is 0 Å². The summed E-state index contributed by atoms with van der Waals surface area (Å²) in [6.45, 7) is 2.57. The summed E-state index contributed by atoms with van der Waals surface area (Å²) in [5.41, 5.74) is 0. The Kier molecular flexibility index (Phi) is 4.89. The van der Waals surface area contributed by atoms with Gasteiger partial charge in [0.25, 0.3) is 0 Å². The van der Waals surface area contributed by atoms with Crippen molar-refractivity contribution in [2.75, 3.05) is 6.54 Å². The summed E-state index contributed by atoms with van der Waals surface area (Å²) in [5, 5.41) is 12.2. The van der Waals surface area contributed by atoms with Gasteiger partial charge in [0.15, 0.2) is 0 Å². The molecule has 0 aromatic heterocycles. The molecule has 1 aliphatic rings. The largest absolute Gasteiger partial charge is 0.393 e. The summed E-state index contributed by atoms with van der Waals surface area (Å²) in [7, 11) is 0. The summed E-state index contributed by atoms with van der Waals surface area (Å²) >= 11 is 3.22. The molecular formula is C10H18BrNO2. The predicted molar refractivity (Wildman–Crippen MR) is 59.4 cm³/mol. The molecule has 0 spiro atoms. The Hall–Kier alpha value is -0.0900. The van der Waals surface area contributed by atoms with Crippen molar-refractivity contribution in [3.8, 4) is 0 Å². The maximum Gasteiger partial charge on any atom is 0.233 e. The van der Waals surface area contributed by atoms with Crippen LogP contribution in [0.4, 0.5) is 0 Å². The molecule has 0 aliphatic heterocycles. The fourth-order valence-electron chi connectivity index (χ4n) is 1.73. The predicted octanol–water partition coefficient (Wildman–Crippen LogP) is 1.44. The highest BCUT2D eigenvalue weighted by Crippen LogP contribution is 2.23. The van der Waals surface area contributed by atoms with Crippen molar-refractivity contribution in [3.63, 3.8) is 0 Å². The highest BCUT2D eigenvalue weighted by molar-refractivity contribution is 9.10. The minimum Gasteiger partial charge on any atom is -0.393 e. The number of rotatable bonds is 3. The monoisotopic (exact) mass is 263 g/mol. The van der Waals surface area contributed by atoms with E-state index in [1.165, 1.54) is 0 Å². The second-order valence-electron chi connectivity index (χ2n) is 4.04. The van der Waals surface area contributed by atoms with Gasteiger partial charge in [-0.25, -0.2) is 0 Å². The summed E-state index contributed by atoms with van der Waals surface area (Å²) in [6.07, 6.45) is 3.70. The highest BCUT2D eigenvalue weighted by atomic mass is 79.9. The third-order valence-electron chi connectivity index (χ3n) is 2.74. The van der Waals surface area contributed by atoms with E-state index in [9.17, 15) is 9.90 Å². The first-order valence-electron chi connectivity index (χ1n) is 5.19. The van der Waals surface area contributed by atoms with Crippen molar-refractivity contribution in [2.45, 2.75) is 43.5 Å². The van der Waals surface area contributed by atoms with E-state index in [0.717, 1.165) is 32.2 Å². The van der Waals surface area contributed by atoms with Crippen LogP contribution in [0.25, 0.3) is 0 Å². The van der Waals surface area contributed by atoms with Gasteiger partial charge in [-0.15, -0.1) is 0 Å². The molecule has 0 aromatic carbocycles. The molecule has 3 nitrogen and oxygen atoms in total. The Bertz CT molecular complexity index is 189. The van der Waals surface area contributed by atoms with E-state index < -0.39 is 0 Å². The SMILES string of the molecule is CC(Br)C(=O)NCC1CCC(O)CC1. The van der Waals surface area contributed by atoms with E-state index in [-0.39, 0.29) is 16.8 Å². The molecule has 1 rings (SSSR count). The fourth-order valence-corrected chi connectivity index (χ4v) is 1.90. The number of aliphatic hydroxyl groups is 1. The summed E-state index contributed by atoms with van der Waals surface area (Å²) in [5.74, 6) is 0.602. The second-order valence-corrected chi connectivity index (χ2v) is 5.41. The molecule has 14 heavy (non-hydrogen) atoms. The maximum atomic E-state index is 11.2. The van der Waals surface area contributed by atoms with Crippen LogP contribution in [-0.4, -0.2) is 28.5 Å². The molecule has 4 heteroatoms. The van der Waals surface area contributed by atoms with Crippen LogP contribution in [0.1, 0.15) is 32.6 Å². The molecule has 0 bridgehead atoms. The van der Waals surface area contributed by atoms with Crippen LogP contribution in [0, 0.1) is 5.92 Å². The van der Waals surface area contributed by atoms with Crippen molar-refractivity contribution in [1.29, 1.82) is 0 Å². The molecule has 0 heterocycles. The first-order valence-corrected chi connectivity index (χ1v) is 6.11. The van der Waals surface area contributed by atoms with Crippen molar-refractivity contribution in [3.05, 3.63) is 0 Å². The molecule has 0 radical (unpaired) electrons. The Balaban J connectivity index is 2.16. The van der Waals surface area contributed by atoms with E-state index in [2.05, 4.69) is 21.2 Å². The van der Waals surface area contributed by atoms with Crippen LogP contribution in [0.15, 0.2) is 0 Å². The van der Waals surface area contributed by atoms with Crippen molar-refractivity contribution < 1.29 is 9.90 Å². The molecule has 0 aromatic rings. The van der Waals surface area contributed by atoms with Gasteiger partial charge in [0.2, 0.25) is 5.91 Å². The number of carbonyl (C=O) groups is 1. The van der Waals surface area contributed by atoms with Crippen LogP contribution < -0.4 is 5.32 Å². The second kappa shape index (κ2) is 5.71. The molecule has 1 unspecified atom stereocenters. The smallest absolute Gasteiger partial charge is 0.233 e. The average Bonchev–Trinajstić information content (AvgIpc) is 2.16. The normalized spacial score (nSPS) is 29.6. The fraction of sp³-hybridized carbons (Fsp3) is 0.900. The number of hydrogen-bond acceptors (Lipinski definition) is 2. The molecular weight excluding hydrogens is 246 g/mol. The van der Waals surface area contributed by atoms with Crippen LogP contribution in [0.3, 0.4) is 0 Å². The molecule has 1 fully saturated rings. The van der Waals surface area contributed by atoms with Gasteiger partial charge in [-0.1, -0.05) is 15.9 Å². The zero-order chi connectivity index (χ0) is 10.6. The summed E-state index contributed by atoms with van der Waals surface area (Å²) < 4.78 is 0. The number of hydrogen-bond donors (Lipinski definition) is 2. The Morgan fingerprint density at radius 1 is 1.50 bits per heavy atom. The first kappa shape index (κ1) is 12.0. The third kappa shape index (κ3) is 3.96. The van der Waals surface area contributed by atoms with Gasteiger partial charge in [-0.3, -0.25) is 4.79 Å². The van der Waals surface area contributed by atoms with Crippen molar-refractivity contribution >= 4 is 21.8 Å². The number of carbonyl (C=O) groups excluding carboxylic acids is 1. The zero-order valence-corrected chi connectivity index (χ0v) is 10.1. The van der Waals surface area contributed by atoms with Crippen LogP contribution in [-0.2, 0) is 4.79 Å². The summed E-state index contributed by atoms with van der Waals surface area (Å²) in [4.78, 5) is 11.1. The lowest BCUT2D eigenvalue weighted by Crippen LogP contribution is -2.35. The molecule has 1 saturated carbocycles. The standard InChI is InChI=1S/C10H18BrNO2/c1-7(11)10(14)12-6-8-2-4-9(13)5-3-8/h7-9,13H,2-6H2,1H3,(H,12,14). The van der Waals surface area contributed by atoms with Gasteiger partial charge >= 0.3 is 0 Å². The number of nitrogens with one attached hydrogen (secondary N) is 1. The number of alkyl halides is 1. The lowest BCUT2D eigenvalue weighted by molar-refractivity contribution is -0.120. The van der Waals surface area contributed by atoms with E-state index in [0.29, 0.717) is 5.92 Å².